The molecule has 146 valence electrons. The fourth-order valence-corrected chi connectivity index (χ4v) is 2.70. The van der Waals surface area contributed by atoms with E-state index in [1.54, 1.807) is 50.5 Å². The van der Waals surface area contributed by atoms with Crippen LogP contribution in [-0.4, -0.2) is 41.8 Å². The molecule has 3 rings (SSSR count). The third-order valence-corrected chi connectivity index (χ3v) is 4.45. The monoisotopic (exact) mass is 382 g/mol. The first-order valence-electron chi connectivity index (χ1n) is 8.99. The standard InChI is InChI=1S/C20H22N4O4/c1-23(2)20(26)14-5-3-13(4-6-14)12-21-19(25)15-7-10-17(22-16-8-9-16)18(11-15)24(27)28/h3-7,10-11,16,22H,8-9,12H2,1-2H3,(H,21,25). The molecule has 0 aromatic heterocycles. The molecule has 1 saturated carbocycles. The Morgan fingerprint density at radius 2 is 1.75 bits per heavy atom. The maximum atomic E-state index is 12.4. The average Bonchev–Trinajstić information content (AvgIpc) is 3.50. The van der Waals surface area contributed by atoms with Crippen molar-refractivity contribution in [2.24, 2.45) is 0 Å². The van der Waals surface area contributed by atoms with Crippen molar-refractivity contribution in [1.82, 2.24) is 10.2 Å². The van der Waals surface area contributed by atoms with Crippen molar-refractivity contribution >= 4 is 23.2 Å². The van der Waals surface area contributed by atoms with Gasteiger partial charge in [0, 0.05) is 43.9 Å². The van der Waals surface area contributed by atoms with Gasteiger partial charge in [0.1, 0.15) is 5.69 Å². The van der Waals surface area contributed by atoms with Gasteiger partial charge in [-0.25, -0.2) is 0 Å². The van der Waals surface area contributed by atoms with Gasteiger partial charge in [0.15, 0.2) is 0 Å². The first-order valence-corrected chi connectivity index (χ1v) is 8.99. The van der Waals surface area contributed by atoms with Crippen LogP contribution in [0.1, 0.15) is 39.1 Å². The zero-order valence-electron chi connectivity index (χ0n) is 15.8. The first-order chi connectivity index (χ1) is 13.3. The van der Waals surface area contributed by atoms with Gasteiger partial charge in [-0.3, -0.25) is 19.7 Å². The van der Waals surface area contributed by atoms with Gasteiger partial charge in [-0.15, -0.1) is 0 Å². The van der Waals surface area contributed by atoms with E-state index in [1.165, 1.54) is 11.0 Å². The lowest BCUT2D eigenvalue weighted by Gasteiger charge is -2.11. The number of nitrogens with zero attached hydrogens (tertiary/aromatic N) is 2. The molecule has 0 saturated heterocycles. The summed E-state index contributed by atoms with van der Waals surface area (Å²) in [6.07, 6.45) is 2.00. The molecule has 1 aliphatic rings. The third kappa shape index (κ3) is 4.64. The van der Waals surface area contributed by atoms with E-state index >= 15 is 0 Å². The number of amides is 2. The van der Waals surface area contributed by atoms with Gasteiger partial charge in [0.25, 0.3) is 17.5 Å². The zero-order valence-corrected chi connectivity index (χ0v) is 15.8. The van der Waals surface area contributed by atoms with Crippen LogP contribution in [0.15, 0.2) is 42.5 Å². The molecule has 1 fully saturated rings. The molecule has 0 heterocycles. The zero-order chi connectivity index (χ0) is 20.3. The molecule has 0 unspecified atom stereocenters. The van der Waals surface area contributed by atoms with Crippen LogP contribution in [0.2, 0.25) is 0 Å². The normalized spacial score (nSPS) is 12.9. The summed E-state index contributed by atoms with van der Waals surface area (Å²) in [5.41, 5.74) is 1.95. The number of nitrogens with one attached hydrogen (secondary N) is 2. The first kappa shape index (κ1) is 19.3. The fourth-order valence-electron chi connectivity index (χ4n) is 2.70. The van der Waals surface area contributed by atoms with E-state index in [-0.39, 0.29) is 29.7 Å². The Morgan fingerprint density at radius 1 is 1.11 bits per heavy atom. The molecule has 2 aromatic carbocycles. The molecule has 2 aromatic rings. The van der Waals surface area contributed by atoms with Crippen LogP contribution in [-0.2, 0) is 6.54 Å². The van der Waals surface area contributed by atoms with Crippen molar-refractivity contribution in [3.8, 4) is 0 Å². The number of anilines is 1. The summed E-state index contributed by atoms with van der Waals surface area (Å²) in [5.74, 6) is -0.489. The van der Waals surface area contributed by atoms with E-state index in [2.05, 4.69) is 10.6 Å². The summed E-state index contributed by atoms with van der Waals surface area (Å²) in [7, 11) is 3.36. The Bertz CT molecular complexity index is 905. The van der Waals surface area contributed by atoms with E-state index in [0.717, 1.165) is 18.4 Å². The predicted molar refractivity (Wildman–Crippen MR) is 105 cm³/mol. The number of benzene rings is 2. The van der Waals surface area contributed by atoms with Crippen LogP contribution in [0.4, 0.5) is 11.4 Å². The smallest absolute Gasteiger partial charge is 0.293 e. The van der Waals surface area contributed by atoms with Crippen molar-refractivity contribution in [3.63, 3.8) is 0 Å². The molecular weight excluding hydrogens is 360 g/mol. The molecule has 8 nitrogen and oxygen atoms in total. The summed E-state index contributed by atoms with van der Waals surface area (Å²) in [6, 6.07) is 11.7. The molecule has 0 bridgehead atoms. The number of hydrogen-bond acceptors (Lipinski definition) is 5. The summed E-state index contributed by atoms with van der Waals surface area (Å²) in [6.45, 7) is 0.255. The SMILES string of the molecule is CN(C)C(=O)c1ccc(CNC(=O)c2ccc(NC3CC3)c([N+](=O)[O-])c2)cc1. The lowest BCUT2D eigenvalue weighted by molar-refractivity contribution is -0.384. The summed E-state index contributed by atoms with van der Waals surface area (Å²) < 4.78 is 0. The molecular formula is C20H22N4O4. The maximum Gasteiger partial charge on any atom is 0.293 e. The second-order valence-electron chi connectivity index (χ2n) is 6.99. The number of carbonyl (C=O) groups is 2. The van der Waals surface area contributed by atoms with E-state index < -0.39 is 10.8 Å². The van der Waals surface area contributed by atoms with Gasteiger partial charge in [0.2, 0.25) is 0 Å². The molecule has 0 atom stereocenters. The highest BCUT2D eigenvalue weighted by molar-refractivity contribution is 5.96. The number of carbonyl (C=O) groups excluding carboxylic acids is 2. The Balaban J connectivity index is 1.65. The van der Waals surface area contributed by atoms with Crippen molar-refractivity contribution < 1.29 is 14.5 Å². The Labute approximate surface area is 162 Å². The predicted octanol–water partition coefficient (Wildman–Crippen LogP) is 2.80. The molecule has 8 heteroatoms. The van der Waals surface area contributed by atoms with Crippen LogP contribution < -0.4 is 10.6 Å². The van der Waals surface area contributed by atoms with Gasteiger partial charge >= 0.3 is 0 Å². The molecule has 0 spiro atoms. The summed E-state index contributed by atoms with van der Waals surface area (Å²) in [5, 5.41) is 17.2. The molecule has 0 radical (unpaired) electrons. The topological polar surface area (TPSA) is 105 Å². The van der Waals surface area contributed by atoms with E-state index in [9.17, 15) is 19.7 Å². The van der Waals surface area contributed by atoms with Crippen molar-refractivity contribution in [3.05, 3.63) is 69.3 Å². The van der Waals surface area contributed by atoms with Crippen LogP contribution >= 0.6 is 0 Å². The second kappa shape index (κ2) is 8.08. The summed E-state index contributed by atoms with van der Waals surface area (Å²) >= 11 is 0. The number of nitro benzene ring substituents is 1. The Morgan fingerprint density at radius 3 is 2.32 bits per heavy atom. The minimum Gasteiger partial charge on any atom is -0.377 e. The minimum atomic E-state index is -0.484. The van der Waals surface area contributed by atoms with E-state index in [1.807, 2.05) is 0 Å². The Hall–Kier alpha value is -3.42. The van der Waals surface area contributed by atoms with Gasteiger partial charge in [-0.2, -0.15) is 0 Å². The Kier molecular flexibility index (Phi) is 5.58. The van der Waals surface area contributed by atoms with Crippen LogP contribution in [0.3, 0.4) is 0 Å². The number of rotatable bonds is 7. The average molecular weight is 382 g/mol. The second-order valence-corrected chi connectivity index (χ2v) is 6.99. The largest absolute Gasteiger partial charge is 0.377 e. The molecule has 2 amide bonds. The van der Waals surface area contributed by atoms with Gasteiger partial charge < -0.3 is 15.5 Å². The molecule has 28 heavy (non-hydrogen) atoms. The van der Waals surface area contributed by atoms with Crippen molar-refractivity contribution in [1.29, 1.82) is 0 Å². The highest BCUT2D eigenvalue weighted by atomic mass is 16.6. The quantitative estimate of drug-likeness (QED) is 0.566. The summed E-state index contributed by atoms with van der Waals surface area (Å²) in [4.78, 5) is 36.6. The highest BCUT2D eigenvalue weighted by Crippen LogP contribution is 2.31. The fraction of sp³-hybridized carbons (Fsp3) is 0.300. The van der Waals surface area contributed by atoms with Crippen LogP contribution in [0.25, 0.3) is 0 Å². The van der Waals surface area contributed by atoms with E-state index in [4.69, 9.17) is 0 Å². The molecule has 1 aliphatic carbocycles. The lowest BCUT2D eigenvalue weighted by Crippen LogP contribution is -2.23. The van der Waals surface area contributed by atoms with Crippen molar-refractivity contribution in [2.75, 3.05) is 19.4 Å². The number of hydrogen-bond donors (Lipinski definition) is 2. The van der Waals surface area contributed by atoms with Crippen molar-refractivity contribution in [2.45, 2.75) is 25.4 Å². The van der Waals surface area contributed by atoms with Crippen LogP contribution in [0.5, 0.6) is 0 Å². The third-order valence-electron chi connectivity index (χ3n) is 4.45. The van der Waals surface area contributed by atoms with Gasteiger partial charge in [-0.05, 0) is 42.7 Å². The highest BCUT2D eigenvalue weighted by Gasteiger charge is 2.25. The van der Waals surface area contributed by atoms with Crippen LogP contribution in [0, 0.1) is 10.1 Å². The van der Waals surface area contributed by atoms with E-state index in [0.29, 0.717) is 11.3 Å². The molecule has 2 N–H and O–H groups in total. The number of nitro groups is 1. The lowest BCUT2D eigenvalue weighted by atomic mass is 10.1. The minimum absolute atomic E-state index is 0.0946. The maximum absolute atomic E-state index is 12.4. The van der Waals surface area contributed by atoms with Gasteiger partial charge in [-0.1, -0.05) is 12.1 Å². The van der Waals surface area contributed by atoms with Gasteiger partial charge in [0.05, 0.1) is 4.92 Å². The molecule has 0 aliphatic heterocycles.